The normalized spacial score (nSPS) is 12.4. The van der Waals surface area contributed by atoms with Crippen LogP contribution < -0.4 is 5.32 Å². The fourth-order valence-electron chi connectivity index (χ4n) is 2.11. The quantitative estimate of drug-likeness (QED) is 0.860. The van der Waals surface area contributed by atoms with Gasteiger partial charge in [-0.3, -0.25) is 4.68 Å². The Hall–Kier alpha value is -0.540. The molecule has 0 saturated heterocycles. The molecule has 18 heavy (non-hydrogen) atoms. The fourth-order valence-corrected chi connectivity index (χ4v) is 2.34. The standard InChI is InChI=1S/C14H26ClN3/c1-10(2)16-8-7-14(4,5)9-12-13(15)11(3)17-18(12)6/h10,16H,7-9H2,1-6H3. The molecule has 4 heteroatoms. The van der Waals surface area contributed by atoms with Gasteiger partial charge in [0.05, 0.1) is 16.4 Å². The first-order valence-corrected chi connectivity index (χ1v) is 7.02. The highest BCUT2D eigenvalue weighted by atomic mass is 35.5. The average molecular weight is 272 g/mol. The predicted octanol–water partition coefficient (Wildman–Crippen LogP) is 3.34. The molecule has 0 unspecified atom stereocenters. The average Bonchev–Trinajstić information content (AvgIpc) is 2.44. The molecule has 0 spiro atoms. The summed E-state index contributed by atoms with van der Waals surface area (Å²) in [7, 11) is 1.97. The molecule has 0 atom stereocenters. The van der Waals surface area contributed by atoms with E-state index < -0.39 is 0 Å². The molecule has 3 nitrogen and oxygen atoms in total. The van der Waals surface area contributed by atoms with Gasteiger partial charge in [-0.2, -0.15) is 5.10 Å². The van der Waals surface area contributed by atoms with Gasteiger partial charge in [0.2, 0.25) is 0 Å². The zero-order chi connectivity index (χ0) is 13.9. The second-order valence-corrected chi connectivity index (χ2v) is 6.55. The van der Waals surface area contributed by atoms with Crippen molar-refractivity contribution in [2.24, 2.45) is 12.5 Å². The maximum Gasteiger partial charge on any atom is 0.0847 e. The molecule has 0 bridgehead atoms. The molecule has 104 valence electrons. The van der Waals surface area contributed by atoms with Gasteiger partial charge >= 0.3 is 0 Å². The monoisotopic (exact) mass is 271 g/mol. The minimum absolute atomic E-state index is 0.228. The third-order valence-corrected chi connectivity index (χ3v) is 3.75. The Morgan fingerprint density at radius 1 is 1.39 bits per heavy atom. The summed E-state index contributed by atoms with van der Waals surface area (Å²) in [4.78, 5) is 0. The summed E-state index contributed by atoms with van der Waals surface area (Å²) in [6, 6.07) is 0.545. The Balaban J connectivity index is 2.64. The summed E-state index contributed by atoms with van der Waals surface area (Å²) >= 11 is 6.31. The minimum atomic E-state index is 0.228. The zero-order valence-corrected chi connectivity index (χ0v) is 13.2. The predicted molar refractivity (Wildman–Crippen MR) is 78.2 cm³/mol. The van der Waals surface area contributed by atoms with E-state index in [1.54, 1.807) is 0 Å². The number of aryl methyl sites for hydroxylation is 2. The third-order valence-electron chi connectivity index (χ3n) is 3.26. The highest BCUT2D eigenvalue weighted by Crippen LogP contribution is 2.30. The fraction of sp³-hybridized carbons (Fsp3) is 0.786. The van der Waals surface area contributed by atoms with Gasteiger partial charge in [-0.1, -0.05) is 39.3 Å². The molecule has 0 fully saturated rings. The lowest BCUT2D eigenvalue weighted by atomic mass is 9.84. The Labute approximate surface area is 116 Å². The van der Waals surface area contributed by atoms with Crippen molar-refractivity contribution in [3.63, 3.8) is 0 Å². The van der Waals surface area contributed by atoms with E-state index in [4.69, 9.17) is 11.6 Å². The first kappa shape index (κ1) is 15.5. The van der Waals surface area contributed by atoms with Crippen molar-refractivity contribution in [3.05, 3.63) is 16.4 Å². The number of aromatic nitrogens is 2. The Bertz CT molecular complexity index is 394. The van der Waals surface area contributed by atoms with Crippen LogP contribution in [0.1, 0.15) is 45.5 Å². The highest BCUT2D eigenvalue weighted by Gasteiger charge is 2.23. The van der Waals surface area contributed by atoms with Gasteiger partial charge in [-0.15, -0.1) is 0 Å². The molecule has 1 aromatic heterocycles. The van der Waals surface area contributed by atoms with Crippen molar-refractivity contribution in [2.45, 2.75) is 53.5 Å². The van der Waals surface area contributed by atoms with E-state index in [0.29, 0.717) is 6.04 Å². The Morgan fingerprint density at radius 3 is 2.44 bits per heavy atom. The van der Waals surface area contributed by atoms with E-state index in [1.165, 1.54) is 0 Å². The summed E-state index contributed by atoms with van der Waals surface area (Å²) in [5.41, 5.74) is 2.29. The number of halogens is 1. The van der Waals surface area contributed by atoms with Gasteiger partial charge in [-0.25, -0.2) is 0 Å². The van der Waals surface area contributed by atoms with Crippen LogP contribution in [0.4, 0.5) is 0 Å². The number of nitrogens with one attached hydrogen (secondary N) is 1. The van der Waals surface area contributed by atoms with Crippen molar-refractivity contribution in [3.8, 4) is 0 Å². The van der Waals surface area contributed by atoms with Gasteiger partial charge < -0.3 is 5.32 Å². The summed E-state index contributed by atoms with van der Waals surface area (Å²) < 4.78 is 1.91. The number of hydrogen-bond acceptors (Lipinski definition) is 2. The summed E-state index contributed by atoms with van der Waals surface area (Å²) in [5, 5.41) is 8.66. The lowest BCUT2D eigenvalue weighted by Crippen LogP contribution is -2.29. The lowest BCUT2D eigenvalue weighted by molar-refractivity contribution is 0.313. The van der Waals surface area contributed by atoms with E-state index in [2.05, 4.69) is 38.1 Å². The summed E-state index contributed by atoms with van der Waals surface area (Å²) in [6.45, 7) is 11.9. The number of rotatable bonds is 6. The molecule has 0 aliphatic rings. The maximum atomic E-state index is 6.31. The van der Waals surface area contributed by atoms with Crippen LogP contribution in [0.2, 0.25) is 5.02 Å². The van der Waals surface area contributed by atoms with Crippen LogP contribution in [-0.2, 0) is 13.5 Å². The van der Waals surface area contributed by atoms with Crippen molar-refractivity contribution in [2.75, 3.05) is 6.54 Å². The van der Waals surface area contributed by atoms with Gasteiger partial charge in [0, 0.05) is 13.1 Å². The van der Waals surface area contributed by atoms with Crippen molar-refractivity contribution in [1.82, 2.24) is 15.1 Å². The molecule has 0 amide bonds. The Kier molecular flexibility index (Phi) is 5.23. The van der Waals surface area contributed by atoms with E-state index in [0.717, 1.165) is 35.8 Å². The molecule has 0 aliphatic carbocycles. The molecule has 1 heterocycles. The molecule has 1 rings (SSSR count). The molecule has 0 saturated carbocycles. The van der Waals surface area contributed by atoms with E-state index >= 15 is 0 Å². The second kappa shape index (κ2) is 6.07. The van der Waals surface area contributed by atoms with E-state index in [-0.39, 0.29) is 5.41 Å². The first-order valence-electron chi connectivity index (χ1n) is 6.64. The summed E-state index contributed by atoms with van der Waals surface area (Å²) in [5.74, 6) is 0. The molecule has 1 N–H and O–H groups in total. The van der Waals surface area contributed by atoms with Crippen LogP contribution in [0.25, 0.3) is 0 Å². The third kappa shape index (κ3) is 4.29. The van der Waals surface area contributed by atoms with Gasteiger partial charge in [-0.05, 0) is 31.7 Å². The summed E-state index contributed by atoms with van der Waals surface area (Å²) in [6.07, 6.45) is 2.09. The van der Waals surface area contributed by atoms with Crippen LogP contribution in [-0.4, -0.2) is 22.4 Å². The minimum Gasteiger partial charge on any atom is -0.315 e. The number of hydrogen-bond donors (Lipinski definition) is 1. The van der Waals surface area contributed by atoms with Gasteiger partial charge in [0.1, 0.15) is 0 Å². The van der Waals surface area contributed by atoms with E-state index in [1.807, 2.05) is 18.7 Å². The van der Waals surface area contributed by atoms with Crippen LogP contribution >= 0.6 is 11.6 Å². The highest BCUT2D eigenvalue weighted by molar-refractivity contribution is 6.31. The lowest BCUT2D eigenvalue weighted by Gasteiger charge is -2.25. The van der Waals surface area contributed by atoms with Crippen molar-refractivity contribution >= 4 is 11.6 Å². The van der Waals surface area contributed by atoms with Crippen LogP contribution in [0.15, 0.2) is 0 Å². The van der Waals surface area contributed by atoms with Crippen LogP contribution in [0.3, 0.4) is 0 Å². The molecular formula is C14H26ClN3. The van der Waals surface area contributed by atoms with Crippen molar-refractivity contribution < 1.29 is 0 Å². The number of nitrogens with zero attached hydrogens (tertiary/aromatic N) is 2. The first-order chi connectivity index (χ1) is 8.23. The van der Waals surface area contributed by atoms with Crippen LogP contribution in [0, 0.1) is 12.3 Å². The van der Waals surface area contributed by atoms with Gasteiger partial charge in [0.25, 0.3) is 0 Å². The van der Waals surface area contributed by atoms with Crippen molar-refractivity contribution in [1.29, 1.82) is 0 Å². The Morgan fingerprint density at radius 2 is 2.00 bits per heavy atom. The SMILES string of the molecule is Cc1nn(C)c(CC(C)(C)CCNC(C)C)c1Cl. The molecular weight excluding hydrogens is 246 g/mol. The molecule has 0 aliphatic heterocycles. The molecule has 0 aromatic carbocycles. The van der Waals surface area contributed by atoms with Gasteiger partial charge in [0.15, 0.2) is 0 Å². The molecule has 1 aromatic rings. The maximum absolute atomic E-state index is 6.31. The second-order valence-electron chi connectivity index (χ2n) is 6.17. The molecule has 0 radical (unpaired) electrons. The smallest absolute Gasteiger partial charge is 0.0847 e. The van der Waals surface area contributed by atoms with E-state index in [9.17, 15) is 0 Å². The topological polar surface area (TPSA) is 29.9 Å². The van der Waals surface area contributed by atoms with Crippen LogP contribution in [0.5, 0.6) is 0 Å². The zero-order valence-electron chi connectivity index (χ0n) is 12.5. The largest absolute Gasteiger partial charge is 0.315 e.